The molecule has 0 saturated carbocycles. The highest BCUT2D eigenvalue weighted by atomic mass is 16.3. The molecule has 150 valence electrons. The highest BCUT2D eigenvalue weighted by molar-refractivity contribution is 6.08. The molecule has 4 aromatic rings. The molecule has 3 aromatic heterocycles. The molecule has 0 saturated heterocycles. The van der Waals surface area contributed by atoms with E-state index in [1.165, 1.54) is 22.4 Å². The first-order chi connectivity index (χ1) is 13.6. The number of aromatic nitrogens is 2. The zero-order chi connectivity index (χ0) is 21.1. The molecule has 1 aromatic carbocycles. The maximum atomic E-state index is 6.40. The Kier molecular flexibility index (Phi) is 4.53. The minimum Gasteiger partial charge on any atom is -0.437 e. The van der Waals surface area contributed by atoms with Crippen LogP contribution in [0.25, 0.3) is 33.3 Å². The van der Waals surface area contributed by atoms with E-state index in [1.807, 2.05) is 0 Å². The van der Waals surface area contributed by atoms with Gasteiger partial charge in [0.15, 0.2) is 11.8 Å². The van der Waals surface area contributed by atoms with Gasteiger partial charge in [0.2, 0.25) is 11.4 Å². The standard InChI is InChI=1S/C26H31N2O/c1-15(2)20-14-28(8)21(13-17(20)4)23-16(3)9-10-18-19-11-12-22(26(5,6)7)27-25(19)29-24(18)23/h9-15H,1-8H3/q+1. The van der Waals surface area contributed by atoms with E-state index in [-0.39, 0.29) is 5.41 Å². The van der Waals surface area contributed by atoms with Gasteiger partial charge in [-0.15, -0.1) is 0 Å². The Morgan fingerprint density at radius 1 is 0.966 bits per heavy atom. The predicted octanol–water partition coefficient (Wildman–Crippen LogP) is 6.51. The number of furan rings is 1. The Morgan fingerprint density at radius 2 is 1.66 bits per heavy atom. The maximum absolute atomic E-state index is 6.40. The molecule has 0 bridgehead atoms. The number of rotatable bonds is 2. The van der Waals surface area contributed by atoms with E-state index in [2.05, 4.69) is 96.6 Å². The predicted molar refractivity (Wildman–Crippen MR) is 120 cm³/mol. The first kappa shape index (κ1) is 19.6. The van der Waals surface area contributed by atoms with Crippen LogP contribution in [-0.2, 0) is 12.5 Å². The second-order valence-corrected chi connectivity index (χ2v) is 9.60. The van der Waals surface area contributed by atoms with Gasteiger partial charge >= 0.3 is 0 Å². The molecule has 0 amide bonds. The van der Waals surface area contributed by atoms with E-state index in [1.54, 1.807) is 0 Å². The summed E-state index contributed by atoms with van der Waals surface area (Å²) in [4.78, 5) is 4.85. The zero-order valence-electron chi connectivity index (χ0n) is 18.8. The molecular weight excluding hydrogens is 356 g/mol. The number of hydrogen-bond donors (Lipinski definition) is 0. The summed E-state index contributed by atoms with van der Waals surface area (Å²) in [7, 11) is 2.12. The zero-order valence-corrected chi connectivity index (χ0v) is 18.8. The summed E-state index contributed by atoms with van der Waals surface area (Å²) in [5.41, 5.74) is 8.90. The van der Waals surface area contributed by atoms with Crippen LogP contribution in [0.4, 0.5) is 0 Å². The monoisotopic (exact) mass is 387 g/mol. The average molecular weight is 388 g/mol. The molecule has 0 N–H and O–H groups in total. The third-order valence-electron chi connectivity index (χ3n) is 5.88. The Bertz CT molecular complexity index is 1240. The van der Waals surface area contributed by atoms with Gasteiger partial charge in [-0.3, -0.25) is 0 Å². The fourth-order valence-corrected chi connectivity index (χ4v) is 4.18. The first-order valence-corrected chi connectivity index (χ1v) is 10.4. The summed E-state index contributed by atoms with van der Waals surface area (Å²) in [6.07, 6.45) is 2.26. The second-order valence-electron chi connectivity index (χ2n) is 9.60. The lowest BCUT2D eigenvalue weighted by Crippen LogP contribution is -2.32. The van der Waals surface area contributed by atoms with Crippen molar-refractivity contribution in [3.05, 3.63) is 58.9 Å². The smallest absolute Gasteiger partial charge is 0.227 e. The summed E-state index contributed by atoms with van der Waals surface area (Å²) in [6, 6.07) is 10.9. The number of pyridine rings is 2. The summed E-state index contributed by atoms with van der Waals surface area (Å²) < 4.78 is 8.63. The van der Waals surface area contributed by atoms with Crippen LogP contribution in [0.15, 0.2) is 40.9 Å². The normalized spacial score (nSPS) is 12.4. The van der Waals surface area contributed by atoms with Crippen molar-refractivity contribution in [2.45, 2.75) is 59.8 Å². The Morgan fingerprint density at radius 3 is 2.31 bits per heavy atom. The van der Waals surface area contributed by atoms with E-state index in [9.17, 15) is 0 Å². The average Bonchev–Trinajstić information content (AvgIpc) is 3.00. The lowest BCUT2D eigenvalue weighted by Gasteiger charge is -2.16. The van der Waals surface area contributed by atoms with Crippen molar-refractivity contribution in [1.82, 2.24) is 4.98 Å². The molecule has 29 heavy (non-hydrogen) atoms. The van der Waals surface area contributed by atoms with E-state index < -0.39 is 0 Å². The highest BCUT2D eigenvalue weighted by Crippen LogP contribution is 2.37. The Hall–Kier alpha value is -2.68. The first-order valence-electron chi connectivity index (χ1n) is 10.4. The van der Waals surface area contributed by atoms with Crippen LogP contribution in [0.3, 0.4) is 0 Å². The SMILES string of the molecule is Cc1cc(-c2c(C)ccc3c2oc2nc(C(C)(C)C)ccc23)[n+](C)cc1C(C)C. The number of nitrogens with zero attached hydrogens (tertiary/aromatic N) is 2. The van der Waals surface area contributed by atoms with Crippen molar-refractivity contribution in [1.29, 1.82) is 0 Å². The van der Waals surface area contributed by atoms with Gasteiger partial charge in [0.05, 0.1) is 5.56 Å². The molecule has 0 radical (unpaired) electrons. The van der Waals surface area contributed by atoms with Crippen LogP contribution in [0.1, 0.15) is 62.9 Å². The number of aryl methyl sites for hydroxylation is 3. The Labute approximate surface area is 173 Å². The van der Waals surface area contributed by atoms with Gasteiger partial charge in [-0.25, -0.2) is 9.55 Å². The topological polar surface area (TPSA) is 29.9 Å². The van der Waals surface area contributed by atoms with Gasteiger partial charge in [0, 0.05) is 33.5 Å². The largest absolute Gasteiger partial charge is 0.437 e. The van der Waals surface area contributed by atoms with Gasteiger partial charge in [0.1, 0.15) is 7.05 Å². The number of fused-ring (bicyclic) bond motifs is 3. The number of benzene rings is 1. The minimum atomic E-state index is -0.0118. The summed E-state index contributed by atoms with van der Waals surface area (Å²) in [5, 5.41) is 2.20. The van der Waals surface area contributed by atoms with E-state index in [0.29, 0.717) is 5.92 Å². The van der Waals surface area contributed by atoms with Gasteiger partial charge in [-0.1, -0.05) is 46.8 Å². The summed E-state index contributed by atoms with van der Waals surface area (Å²) >= 11 is 0. The molecule has 3 heteroatoms. The van der Waals surface area contributed by atoms with Crippen molar-refractivity contribution in [2.75, 3.05) is 0 Å². The molecule has 0 aliphatic heterocycles. The second kappa shape index (κ2) is 6.69. The van der Waals surface area contributed by atoms with Crippen molar-refractivity contribution >= 4 is 22.1 Å². The van der Waals surface area contributed by atoms with Crippen LogP contribution < -0.4 is 4.57 Å². The molecule has 0 spiro atoms. The fraction of sp³-hybridized carbons (Fsp3) is 0.385. The molecule has 3 nitrogen and oxygen atoms in total. The lowest BCUT2D eigenvalue weighted by molar-refractivity contribution is -0.660. The molecule has 0 atom stereocenters. The quantitative estimate of drug-likeness (QED) is 0.367. The van der Waals surface area contributed by atoms with Crippen LogP contribution in [0, 0.1) is 13.8 Å². The molecule has 0 aliphatic rings. The Balaban J connectivity index is 2.02. The highest BCUT2D eigenvalue weighted by Gasteiger charge is 2.24. The molecule has 0 aliphatic carbocycles. The van der Waals surface area contributed by atoms with E-state index in [0.717, 1.165) is 33.3 Å². The molecular formula is C26H31N2O+. The third kappa shape index (κ3) is 3.23. The van der Waals surface area contributed by atoms with E-state index >= 15 is 0 Å². The summed E-state index contributed by atoms with van der Waals surface area (Å²) in [5.74, 6) is 0.498. The molecule has 0 fully saturated rings. The van der Waals surface area contributed by atoms with E-state index in [4.69, 9.17) is 9.40 Å². The molecule has 3 heterocycles. The van der Waals surface area contributed by atoms with Crippen LogP contribution in [0.5, 0.6) is 0 Å². The van der Waals surface area contributed by atoms with Crippen molar-refractivity contribution < 1.29 is 8.98 Å². The van der Waals surface area contributed by atoms with Crippen molar-refractivity contribution in [3.63, 3.8) is 0 Å². The fourth-order valence-electron chi connectivity index (χ4n) is 4.18. The van der Waals surface area contributed by atoms with Gasteiger partial charge < -0.3 is 4.42 Å². The molecule has 0 unspecified atom stereocenters. The van der Waals surface area contributed by atoms with Gasteiger partial charge in [0.25, 0.3) is 0 Å². The number of hydrogen-bond acceptors (Lipinski definition) is 2. The summed E-state index contributed by atoms with van der Waals surface area (Å²) in [6.45, 7) is 15.4. The van der Waals surface area contributed by atoms with Gasteiger partial charge in [-0.05, 0) is 43.0 Å². The lowest BCUT2D eigenvalue weighted by atomic mass is 9.91. The molecule has 4 rings (SSSR count). The third-order valence-corrected chi connectivity index (χ3v) is 5.88. The van der Waals surface area contributed by atoms with Crippen LogP contribution in [0.2, 0.25) is 0 Å². The van der Waals surface area contributed by atoms with Crippen molar-refractivity contribution in [2.24, 2.45) is 7.05 Å². The maximum Gasteiger partial charge on any atom is 0.227 e. The van der Waals surface area contributed by atoms with Crippen LogP contribution >= 0.6 is 0 Å². The minimum absolute atomic E-state index is 0.0118. The van der Waals surface area contributed by atoms with Gasteiger partial charge in [-0.2, -0.15) is 0 Å². The van der Waals surface area contributed by atoms with Crippen molar-refractivity contribution in [3.8, 4) is 11.3 Å². The van der Waals surface area contributed by atoms with Crippen LogP contribution in [-0.4, -0.2) is 4.98 Å².